The molecule has 12 aromatic rings. The van der Waals surface area contributed by atoms with Crippen molar-refractivity contribution in [1.82, 2.24) is 24.1 Å². The molecule has 0 spiro atoms. The maximum atomic E-state index is 5.32. The number of benzene rings is 8. The molecular weight excluding hydrogens is 775 g/mol. The van der Waals surface area contributed by atoms with Crippen molar-refractivity contribution in [3.63, 3.8) is 0 Å². The van der Waals surface area contributed by atoms with E-state index < -0.39 is 0 Å². The molecule has 0 atom stereocenters. The van der Waals surface area contributed by atoms with Crippen LogP contribution in [0, 0.1) is 0 Å². The number of hydrogen-bond acceptors (Lipinski definition) is 4. The Morgan fingerprint density at radius 1 is 0.435 bits per heavy atom. The number of fused-ring (bicyclic) bond motifs is 11. The molecule has 4 heterocycles. The van der Waals surface area contributed by atoms with Gasteiger partial charge in [0.1, 0.15) is 0 Å². The Hall–Kier alpha value is -7.67. The van der Waals surface area contributed by atoms with E-state index in [4.69, 9.17) is 15.0 Å². The second-order valence-corrected chi connectivity index (χ2v) is 17.9. The van der Waals surface area contributed by atoms with Crippen molar-refractivity contribution in [1.29, 1.82) is 0 Å². The summed E-state index contributed by atoms with van der Waals surface area (Å²) in [6.45, 7) is 4.74. The van der Waals surface area contributed by atoms with Crippen LogP contribution >= 0.6 is 11.3 Å². The lowest BCUT2D eigenvalue weighted by Crippen LogP contribution is -2.14. The van der Waals surface area contributed by atoms with Crippen molar-refractivity contribution in [2.24, 2.45) is 0 Å². The number of nitrogens with zero attached hydrogens (tertiary/aromatic N) is 5. The molecule has 6 heteroatoms. The molecule has 0 N–H and O–H groups in total. The highest BCUT2D eigenvalue weighted by Gasteiger charge is 2.41. The fourth-order valence-electron chi connectivity index (χ4n) is 10.2. The summed E-state index contributed by atoms with van der Waals surface area (Å²) < 4.78 is 7.36. The van der Waals surface area contributed by atoms with Gasteiger partial charge in [-0.3, -0.25) is 4.57 Å². The predicted molar refractivity (Wildman–Crippen MR) is 258 cm³/mol. The number of hydrogen-bond donors (Lipinski definition) is 0. The van der Waals surface area contributed by atoms with Crippen molar-refractivity contribution in [2.45, 2.75) is 19.3 Å². The van der Waals surface area contributed by atoms with Gasteiger partial charge in [0.2, 0.25) is 5.95 Å². The Balaban J connectivity index is 1.16. The molecule has 0 unspecified atom stereocenters. The molecule has 13 rings (SSSR count). The number of para-hydroxylation sites is 1. The zero-order chi connectivity index (χ0) is 41.1. The summed E-state index contributed by atoms with van der Waals surface area (Å²) in [6.07, 6.45) is 0. The van der Waals surface area contributed by atoms with Gasteiger partial charge in [-0.15, -0.1) is 11.3 Å². The van der Waals surface area contributed by atoms with Gasteiger partial charge in [-0.1, -0.05) is 159 Å². The quantitative estimate of drug-likeness (QED) is 0.174. The van der Waals surface area contributed by atoms with Gasteiger partial charge < -0.3 is 4.57 Å². The lowest BCUT2D eigenvalue weighted by atomic mass is 9.81. The van der Waals surface area contributed by atoms with Crippen molar-refractivity contribution in [2.75, 3.05) is 0 Å². The van der Waals surface area contributed by atoms with Gasteiger partial charge in [0, 0.05) is 64.1 Å². The highest BCUT2D eigenvalue weighted by molar-refractivity contribution is 7.26. The topological polar surface area (TPSA) is 48.5 Å². The molecule has 1 aliphatic rings. The summed E-state index contributed by atoms with van der Waals surface area (Å²) in [4.78, 5) is 15.7. The van der Waals surface area contributed by atoms with Crippen LogP contribution in [0.4, 0.5) is 0 Å². The molecule has 0 radical (unpaired) electrons. The molecule has 292 valence electrons. The lowest BCUT2D eigenvalue weighted by molar-refractivity contribution is 0.666. The average molecular weight is 812 g/mol. The summed E-state index contributed by atoms with van der Waals surface area (Å²) >= 11 is 1.87. The smallest absolute Gasteiger partial charge is 0.238 e. The minimum absolute atomic E-state index is 0.237. The summed E-state index contributed by atoms with van der Waals surface area (Å²) in [7, 11) is 0. The summed E-state index contributed by atoms with van der Waals surface area (Å²) in [6, 6.07) is 67.5. The van der Waals surface area contributed by atoms with E-state index in [1.54, 1.807) is 0 Å². The zero-order valence-corrected chi connectivity index (χ0v) is 34.9. The normalized spacial score (nSPS) is 13.1. The number of thiophene rings is 1. The van der Waals surface area contributed by atoms with E-state index >= 15 is 0 Å². The molecule has 5 nitrogen and oxygen atoms in total. The first-order valence-corrected chi connectivity index (χ1v) is 21.9. The first kappa shape index (κ1) is 35.1. The standard InChI is InChI=1S/C56H37N5S/c1-56(2)45-27-14-12-24-41(45)51-50(56)44-33-47-43(32-48(44)60(51)37-21-10-5-11-22-37)42-31-36(38-25-16-26-40-39-23-13-15-28-49(39)62-52(38)40)29-30-46(42)61(47)55-58-53(34-17-6-3-7-18-34)57-54(59-55)35-19-8-4-9-20-35/h3-33H,1-2H3. The highest BCUT2D eigenvalue weighted by atomic mass is 32.1. The summed E-state index contributed by atoms with van der Waals surface area (Å²) in [5.74, 6) is 1.84. The van der Waals surface area contributed by atoms with Gasteiger partial charge in [-0.2, -0.15) is 9.97 Å². The van der Waals surface area contributed by atoms with E-state index in [1.165, 1.54) is 64.6 Å². The molecule has 4 aromatic heterocycles. The third-order valence-corrected chi connectivity index (χ3v) is 14.2. The maximum Gasteiger partial charge on any atom is 0.238 e. The molecule has 1 aliphatic carbocycles. The SMILES string of the molecule is CC1(C)c2ccccc2-c2c1c1cc3c(cc1n2-c1ccccc1)c1cc(-c2cccc4c2sc2ccccc24)ccc1n3-c1nc(-c2ccccc2)nc(-c2ccccc2)n1. The minimum atomic E-state index is -0.237. The number of rotatable bonds is 5. The van der Waals surface area contributed by atoms with Crippen LogP contribution in [0.3, 0.4) is 0 Å². The van der Waals surface area contributed by atoms with E-state index in [0.29, 0.717) is 17.6 Å². The van der Waals surface area contributed by atoms with Crippen molar-refractivity contribution >= 4 is 64.2 Å². The molecule has 62 heavy (non-hydrogen) atoms. The Kier molecular flexibility index (Phi) is 7.46. The molecule has 8 aromatic carbocycles. The Morgan fingerprint density at radius 2 is 1.03 bits per heavy atom. The van der Waals surface area contributed by atoms with Crippen LogP contribution in [0.1, 0.15) is 25.0 Å². The van der Waals surface area contributed by atoms with E-state index in [1.807, 2.05) is 47.7 Å². The molecule has 0 bridgehead atoms. The molecule has 0 saturated carbocycles. The third kappa shape index (κ3) is 5.04. The fourth-order valence-corrected chi connectivity index (χ4v) is 11.4. The van der Waals surface area contributed by atoms with Gasteiger partial charge in [0.05, 0.1) is 22.2 Å². The van der Waals surface area contributed by atoms with Gasteiger partial charge in [0.15, 0.2) is 11.6 Å². The molecule has 0 saturated heterocycles. The molecular formula is C56H37N5S. The Morgan fingerprint density at radius 3 is 1.79 bits per heavy atom. The van der Waals surface area contributed by atoms with Gasteiger partial charge in [-0.25, -0.2) is 4.98 Å². The second kappa shape index (κ2) is 13.2. The van der Waals surface area contributed by atoms with Gasteiger partial charge >= 0.3 is 0 Å². The molecule has 0 amide bonds. The maximum absolute atomic E-state index is 5.32. The van der Waals surface area contributed by atoms with Crippen molar-refractivity contribution in [3.05, 3.63) is 199 Å². The van der Waals surface area contributed by atoms with Crippen LogP contribution < -0.4 is 0 Å². The second-order valence-electron chi connectivity index (χ2n) is 16.8. The van der Waals surface area contributed by atoms with Crippen LogP contribution in [0.5, 0.6) is 0 Å². The Labute approximate surface area is 361 Å². The first-order valence-electron chi connectivity index (χ1n) is 21.1. The molecule has 0 aliphatic heterocycles. The minimum Gasteiger partial charge on any atom is -0.309 e. The van der Waals surface area contributed by atoms with Crippen molar-refractivity contribution < 1.29 is 0 Å². The van der Waals surface area contributed by atoms with Crippen molar-refractivity contribution in [3.8, 4) is 56.8 Å². The van der Waals surface area contributed by atoms with E-state index in [2.05, 4.69) is 175 Å². The van der Waals surface area contributed by atoms with Gasteiger partial charge in [0.25, 0.3) is 0 Å². The van der Waals surface area contributed by atoms with Crippen LogP contribution in [0.15, 0.2) is 188 Å². The zero-order valence-electron chi connectivity index (χ0n) is 34.0. The largest absolute Gasteiger partial charge is 0.309 e. The predicted octanol–water partition coefficient (Wildman–Crippen LogP) is 14.6. The first-order chi connectivity index (χ1) is 30.5. The third-order valence-electron chi connectivity index (χ3n) is 13.0. The van der Waals surface area contributed by atoms with E-state index in [-0.39, 0.29) is 5.41 Å². The average Bonchev–Trinajstić information content (AvgIpc) is 4.04. The monoisotopic (exact) mass is 811 g/mol. The highest BCUT2D eigenvalue weighted by Crippen LogP contribution is 2.54. The van der Waals surface area contributed by atoms with Crippen LogP contribution in [0.2, 0.25) is 0 Å². The van der Waals surface area contributed by atoms with Crippen LogP contribution in [-0.4, -0.2) is 24.1 Å². The van der Waals surface area contributed by atoms with E-state index in [0.717, 1.165) is 38.6 Å². The van der Waals surface area contributed by atoms with Crippen LogP contribution in [-0.2, 0) is 5.41 Å². The summed E-state index contributed by atoms with van der Waals surface area (Å²) in [5, 5.41) is 6.09. The summed E-state index contributed by atoms with van der Waals surface area (Å²) in [5.41, 5.74) is 13.7. The fraction of sp³-hybridized carbons (Fsp3) is 0.0536. The Bertz CT molecular complexity index is 3710. The lowest BCUT2D eigenvalue weighted by Gasteiger charge is -2.21. The van der Waals surface area contributed by atoms with E-state index in [9.17, 15) is 0 Å². The molecule has 0 fully saturated rings. The van der Waals surface area contributed by atoms with Gasteiger partial charge in [-0.05, 0) is 64.7 Å². The number of aromatic nitrogens is 5. The van der Waals surface area contributed by atoms with Crippen LogP contribution in [0.25, 0.3) is 110 Å².